The number of nitrogens with zero attached hydrogens (tertiary/aromatic N) is 1. The molecule has 0 unspecified atom stereocenters. The molecule has 0 aliphatic rings. The monoisotopic (exact) mass is 333 g/mol. The number of hydrogen-bond donors (Lipinski definition) is 2. The predicted octanol–water partition coefficient (Wildman–Crippen LogP) is 3.30. The van der Waals surface area contributed by atoms with Crippen LogP contribution in [0.1, 0.15) is 27.4 Å². The third kappa shape index (κ3) is 4.23. The molecule has 0 atom stereocenters. The van der Waals surface area contributed by atoms with Crippen molar-refractivity contribution in [3.05, 3.63) is 34.7 Å². The first kappa shape index (κ1) is 16.3. The van der Waals surface area contributed by atoms with Gasteiger partial charge in [0, 0.05) is 18.7 Å². The van der Waals surface area contributed by atoms with E-state index in [0.29, 0.717) is 30.8 Å². The molecule has 0 aliphatic carbocycles. The maximum Gasteiger partial charge on any atom is 0.427 e. The van der Waals surface area contributed by atoms with Gasteiger partial charge < -0.3 is 15.1 Å². The zero-order valence-corrected chi connectivity index (χ0v) is 12.5. The number of amides is 1. The van der Waals surface area contributed by atoms with Gasteiger partial charge in [-0.1, -0.05) is 11.3 Å². The third-order valence-corrected chi connectivity index (χ3v) is 3.77. The van der Waals surface area contributed by atoms with Gasteiger partial charge in [-0.15, -0.1) is 0 Å². The molecule has 0 radical (unpaired) electrons. The first-order chi connectivity index (χ1) is 10.4. The Bertz CT molecular complexity index is 637. The van der Waals surface area contributed by atoms with Crippen LogP contribution in [0.3, 0.4) is 0 Å². The molecule has 0 saturated carbocycles. The van der Waals surface area contributed by atoms with Gasteiger partial charge in [0.25, 0.3) is 5.91 Å². The molecule has 0 bridgehead atoms. The van der Waals surface area contributed by atoms with Crippen LogP contribution in [-0.4, -0.2) is 24.0 Å². The Morgan fingerprint density at radius 1 is 1.41 bits per heavy atom. The summed E-state index contributed by atoms with van der Waals surface area (Å²) >= 11 is 0.555. The summed E-state index contributed by atoms with van der Waals surface area (Å²) in [5, 5.41) is 5.67. The molecule has 0 spiro atoms. The van der Waals surface area contributed by atoms with Gasteiger partial charge in [0.05, 0.1) is 12.5 Å². The van der Waals surface area contributed by atoms with Gasteiger partial charge in [0.15, 0.2) is 10.9 Å². The number of carbonyl (C=O) groups is 1. The second kappa shape index (κ2) is 6.82. The zero-order valence-electron chi connectivity index (χ0n) is 11.7. The molecule has 0 aliphatic heterocycles. The lowest BCUT2D eigenvalue weighted by atomic mass is 10.2. The molecule has 2 aromatic heterocycles. The maximum atomic E-state index is 12.4. The fourth-order valence-corrected chi connectivity index (χ4v) is 2.37. The van der Waals surface area contributed by atoms with Crippen molar-refractivity contribution in [2.75, 3.05) is 18.4 Å². The molecule has 120 valence electrons. The average Bonchev–Trinajstić information content (AvgIpc) is 3.06. The summed E-state index contributed by atoms with van der Waals surface area (Å²) in [6.45, 7) is 2.55. The number of aromatic nitrogens is 1. The summed E-state index contributed by atoms with van der Waals surface area (Å²) in [4.78, 5) is 14.6. The number of halogens is 3. The van der Waals surface area contributed by atoms with Crippen molar-refractivity contribution in [1.29, 1.82) is 0 Å². The minimum absolute atomic E-state index is 0.209. The first-order valence-electron chi connectivity index (χ1n) is 6.47. The normalized spacial score (nSPS) is 11.5. The molecule has 2 rings (SSSR count). The van der Waals surface area contributed by atoms with Crippen LogP contribution < -0.4 is 10.6 Å². The second-order valence-corrected chi connectivity index (χ2v) is 5.53. The molecular formula is C13H14F3N3O2S. The van der Waals surface area contributed by atoms with Gasteiger partial charge in [-0.05, 0) is 19.4 Å². The van der Waals surface area contributed by atoms with Crippen LogP contribution in [0.2, 0.25) is 0 Å². The maximum absolute atomic E-state index is 12.4. The largest absolute Gasteiger partial charge is 0.459 e. The number of carbonyl (C=O) groups excluding carboxylic acids is 1. The lowest BCUT2D eigenvalue weighted by Gasteiger charge is -2.05. The molecule has 22 heavy (non-hydrogen) atoms. The van der Waals surface area contributed by atoms with Crippen LogP contribution in [0.15, 0.2) is 22.9 Å². The highest BCUT2D eigenvalue weighted by molar-refractivity contribution is 7.15. The molecule has 0 aromatic carbocycles. The number of nitrogens with one attached hydrogen (secondary N) is 2. The van der Waals surface area contributed by atoms with E-state index in [9.17, 15) is 18.0 Å². The number of thiazole rings is 1. The minimum atomic E-state index is -4.37. The van der Waals surface area contributed by atoms with Gasteiger partial charge in [-0.2, -0.15) is 13.2 Å². The van der Waals surface area contributed by atoms with Crippen LogP contribution in [0.5, 0.6) is 0 Å². The molecule has 0 saturated heterocycles. The van der Waals surface area contributed by atoms with E-state index in [1.807, 2.05) is 0 Å². The van der Waals surface area contributed by atoms with Gasteiger partial charge in [0.2, 0.25) is 0 Å². The SMILES string of the molecule is Cc1ccoc1C(=O)NCCCNc1ncc(C(F)(F)F)s1. The number of furan rings is 1. The van der Waals surface area contributed by atoms with Crippen molar-refractivity contribution in [3.8, 4) is 0 Å². The van der Waals surface area contributed by atoms with Crippen molar-refractivity contribution < 1.29 is 22.4 Å². The van der Waals surface area contributed by atoms with E-state index < -0.39 is 11.1 Å². The van der Waals surface area contributed by atoms with Gasteiger partial charge in [-0.25, -0.2) is 4.98 Å². The van der Waals surface area contributed by atoms with Crippen molar-refractivity contribution in [2.24, 2.45) is 0 Å². The molecule has 2 aromatic rings. The molecule has 2 heterocycles. The Morgan fingerprint density at radius 2 is 2.18 bits per heavy atom. The molecule has 9 heteroatoms. The molecule has 5 nitrogen and oxygen atoms in total. The molecule has 0 fully saturated rings. The van der Waals surface area contributed by atoms with Crippen molar-refractivity contribution in [2.45, 2.75) is 19.5 Å². The summed E-state index contributed by atoms with van der Waals surface area (Å²) < 4.78 is 42.2. The van der Waals surface area contributed by atoms with Gasteiger partial charge >= 0.3 is 6.18 Å². The summed E-state index contributed by atoms with van der Waals surface area (Å²) in [5.74, 6) is -0.0428. The number of hydrogen-bond acceptors (Lipinski definition) is 5. The van der Waals surface area contributed by atoms with E-state index >= 15 is 0 Å². The van der Waals surface area contributed by atoms with Crippen LogP contribution >= 0.6 is 11.3 Å². The number of anilines is 1. The standard InChI is InChI=1S/C13H14F3N3O2S/c1-8-3-6-21-10(8)11(20)17-4-2-5-18-12-19-7-9(22-12)13(14,15)16/h3,6-7H,2,4-5H2,1H3,(H,17,20)(H,18,19). The fraction of sp³-hybridized carbons (Fsp3) is 0.385. The van der Waals surface area contributed by atoms with Gasteiger partial charge in [0.1, 0.15) is 4.88 Å². The number of alkyl halides is 3. The van der Waals surface area contributed by atoms with Crippen molar-refractivity contribution >= 4 is 22.4 Å². The highest BCUT2D eigenvalue weighted by Crippen LogP contribution is 2.34. The summed E-state index contributed by atoms with van der Waals surface area (Å²) in [5.41, 5.74) is 0.748. The van der Waals surface area contributed by atoms with E-state index in [1.54, 1.807) is 13.0 Å². The van der Waals surface area contributed by atoms with Gasteiger partial charge in [-0.3, -0.25) is 4.79 Å². The Kier molecular flexibility index (Phi) is 5.07. The highest BCUT2D eigenvalue weighted by atomic mass is 32.1. The predicted molar refractivity (Wildman–Crippen MR) is 76.0 cm³/mol. The summed E-state index contributed by atoms with van der Waals surface area (Å²) in [6, 6.07) is 1.69. The zero-order chi connectivity index (χ0) is 16.2. The van der Waals surface area contributed by atoms with E-state index in [1.165, 1.54) is 6.26 Å². The smallest absolute Gasteiger partial charge is 0.427 e. The van der Waals surface area contributed by atoms with Crippen LogP contribution in [0, 0.1) is 6.92 Å². The van der Waals surface area contributed by atoms with Crippen LogP contribution in [-0.2, 0) is 6.18 Å². The Morgan fingerprint density at radius 3 is 2.77 bits per heavy atom. The molecule has 2 N–H and O–H groups in total. The van der Waals surface area contributed by atoms with E-state index in [2.05, 4.69) is 15.6 Å². The Labute approximate surface area is 128 Å². The molecule has 1 amide bonds. The minimum Gasteiger partial charge on any atom is -0.459 e. The average molecular weight is 333 g/mol. The van der Waals surface area contributed by atoms with E-state index in [-0.39, 0.29) is 16.8 Å². The third-order valence-electron chi connectivity index (χ3n) is 2.77. The number of rotatable bonds is 6. The Hall–Kier alpha value is -2.03. The lowest BCUT2D eigenvalue weighted by Crippen LogP contribution is -2.25. The number of aryl methyl sites for hydroxylation is 1. The summed E-state index contributed by atoms with van der Waals surface area (Å²) in [6.07, 6.45) is -1.58. The van der Waals surface area contributed by atoms with Crippen LogP contribution in [0.4, 0.5) is 18.3 Å². The lowest BCUT2D eigenvalue weighted by molar-refractivity contribution is -0.134. The fourth-order valence-electron chi connectivity index (χ4n) is 1.66. The molecular weight excluding hydrogens is 319 g/mol. The highest BCUT2D eigenvalue weighted by Gasteiger charge is 2.33. The van der Waals surface area contributed by atoms with Crippen molar-refractivity contribution in [1.82, 2.24) is 10.3 Å². The second-order valence-electron chi connectivity index (χ2n) is 4.50. The topological polar surface area (TPSA) is 67.2 Å². The summed E-state index contributed by atoms with van der Waals surface area (Å²) in [7, 11) is 0. The van der Waals surface area contributed by atoms with E-state index in [0.717, 1.165) is 11.8 Å². The van der Waals surface area contributed by atoms with Crippen LogP contribution in [0.25, 0.3) is 0 Å². The quantitative estimate of drug-likeness (QED) is 0.796. The van der Waals surface area contributed by atoms with Crippen molar-refractivity contribution in [3.63, 3.8) is 0 Å². The Balaban J connectivity index is 1.68. The first-order valence-corrected chi connectivity index (χ1v) is 7.29. The van der Waals surface area contributed by atoms with E-state index in [4.69, 9.17) is 4.42 Å².